The van der Waals surface area contributed by atoms with Gasteiger partial charge in [-0.05, 0) is 46.0 Å². The van der Waals surface area contributed by atoms with Crippen LogP contribution in [0.4, 0.5) is 0 Å². The Balaban J connectivity index is 1.82. The molecule has 4 nitrogen and oxygen atoms in total. The maximum absolute atomic E-state index is 12.0. The average Bonchev–Trinajstić information content (AvgIpc) is 3.09. The van der Waals surface area contributed by atoms with Crippen LogP contribution in [-0.4, -0.2) is 35.5 Å². The van der Waals surface area contributed by atoms with Crippen molar-refractivity contribution in [2.45, 2.75) is 58.0 Å². The fourth-order valence-corrected chi connectivity index (χ4v) is 2.56. The van der Waals surface area contributed by atoms with Crippen molar-refractivity contribution in [3.05, 3.63) is 0 Å². The Morgan fingerprint density at radius 2 is 1.71 bits per heavy atom. The molecule has 1 amide bonds. The topological polar surface area (TPSA) is 46.6 Å². The molecule has 0 spiro atoms. The van der Waals surface area contributed by atoms with Crippen molar-refractivity contribution in [1.29, 1.82) is 0 Å². The molecule has 0 N–H and O–H groups in total. The van der Waals surface area contributed by atoms with E-state index < -0.39 is 0 Å². The van der Waals surface area contributed by atoms with Gasteiger partial charge in [0.1, 0.15) is 0 Å². The van der Waals surface area contributed by atoms with Gasteiger partial charge >= 0.3 is 5.97 Å². The van der Waals surface area contributed by atoms with E-state index in [2.05, 4.69) is 13.8 Å². The lowest BCUT2D eigenvalue weighted by Crippen LogP contribution is -2.49. The number of carbonyl (C=O) groups is 2. The third-order valence-corrected chi connectivity index (χ3v) is 3.73. The molecular weight excluding hydrogens is 218 g/mol. The molecule has 1 aliphatic carbocycles. The maximum atomic E-state index is 12.0. The molecule has 17 heavy (non-hydrogen) atoms. The SMILES string of the molecule is C[C@H]1CCC[C@H](C)N1C(=O)COC(=O)C1CC1. The van der Waals surface area contributed by atoms with Crippen molar-refractivity contribution < 1.29 is 14.3 Å². The third kappa shape index (κ3) is 2.99. The fourth-order valence-electron chi connectivity index (χ4n) is 2.56. The summed E-state index contributed by atoms with van der Waals surface area (Å²) in [6.45, 7) is 4.05. The number of hydrogen-bond donors (Lipinski definition) is 0. The summed E-state index contributed by atoms with van der Waals surface area (Å²) in [7, 11) is 0. The van der Waals surface area contributed by atoms with Crippen LogP contribution in [0.2, 0.25) is 0 Å². The lowest BCUT2D eigenvalue weighted by Gasteiger charge is -2.38. The molecule has 96 valence electrons. The average molecular weight is 239 g/mol. The Kier molecular flexibility index (Phi) is 3.69. The van der Waals surface area contributed by atoms with E-state index in [0.29, 0.717) is 0 Å². The second kappa shape index (κ2) is 5.07. The maximum Gasteiger partial charge on any atom is 0.309 e. The summed E-state index contributed by atoms with van der Waals surface area (Å²) < 4.78 is 5.05. The van der Waals surface area contributed by atoms with Gasteiger partial charge in [-0.2, -0.15) is 0 Å². The molecule has 1 aliphatic heterocycles. The minimum absolute atomic E-state index is 0.0429. The first-order chi connectivity index (χ1) is 8.09. The van der Waals surface area contributed by atoms with Crippen LogP contribution in [0.3, 0.4) is 0 Å². The zero-order chi connectivity index (χ0) is 12.4. The summed E-state index contributed by atoms with van der Waals surface area (Å²) in [6.07, 6.45) is 5.11. The van der Waals surface area contributed by atoms with E-state index in [0.717, 1.165) is 25.7 Å². The zero-order valence-corrected chi connectivity index (χ0v) is 10.6. The van der Waals surface area contributed by atoms with Crippen LogP contribution in [0.15, 0.2) is 0 Å². The second-order valence-electron chi connectivity index (χ2n) is 5.31. The molecule has 2 rings (SSSR count). The highest BCUT2D eigenvalue weighted by molar-refractivity contribution is 5.82. The van der Waals surface area contributed by atoms with Gasteiger partial charge in [0.25, 0.3) is 5.91 Å². The summed E-state index contributed by atoms with van der Waals surface area (Å²) in [4.78, 5) is 25.3. The summed E-state index contributed by atoms with van der Waals surface area (Å²) in [5, 5.41) is 0. The lowest BCUT2D eigenvalue weighted by molar-refractivity contribution is -0.155. The van der Waals surface area contributed by atoms with Crippen molar-refractivity contribution in [2.24, 2.45) is 5.92 Å². The highest BCUT2D eigenvalue weighted by atomic mass is 16.5. The molecule has 2 aliphatic rings. The van der Waals surface area contributed by atoms with Gasteiger partial charge < -0.3 is 9.64 Å². The summed E-state index contributed by atoms with van der Waals surface area (Å²) >= 11 is 0. The minimum atomic E-state index is -0.198. The lowest BCUT2D eigenvalue weighted by atomic mass is 9.97. The predicted molar refractivity (Wildman–Crippen MR) is 63.3 cm³/mol. The van der Waals surface area contributed by atoms with Crippen molar-refractivity contribution in [1.82, 2.24) is 4.90 Å². The van der Waals surface area contributed by atoms with Crippen LogP contribution in [-0.2, 0) is 14.3 Å². The minimum Gasteiger partial charge on any atom is -0.455 e. The molecule has 0 aromatic carbocycles. The first-order valence-corrected chi connectivity index (χ1v) is 6.57. The number of amides is 1. The highest BCUT2D eigenvalue weighted by Gasteiger charge is 2.33. The number of likely N-dealkylation sites (tertiary alicyclic amines) is 1. The van der Waals surface area contributed by atoms with Gasteiger partial charge in [-0.15, -0.1) is 0 Å². The third-order valence-electron chi connectivity index (χ3n) is 3.73. The molecule has 4 heteroatoms. The highest BCUT2D eigenvalue weighted by Crippen LogP contribution is 2.30. The smallest absolute Gasteiger partial charge is 0.309 e. The molecule has 0 unspecified atom stereocenters. The Morgan fingerprint density at radius 3 is 2.24 bits per heavy atom. The second-order valence-corrected chi connectivity index (χ2v) is 5.31. The number of piperidine rings is 1. The molecule has 0 aromatic heterocycles. The van der Waals surface area contributed by atoms with Gasteiger partial charge in [-0.1, -0.05) is 0 Å². The molecule has 2 atom stereocenters. The van der Waals surface area contributed by atoms with E-state index >= 15 is 0 Å². The summed E-state index contributed by atoms with van der Waals surface area (Å²) in [5.74, 6) is -0.173. The van der Waals surface area contributed by atoms with E-state index in [-0.39, 0.29) is 36.5 Å². The quantitative estimate of drug-likeness (QED) is 0.705. The number of nitrogens with zero attached hydrogens (tertiary/aromatic N) is 1. The van der Waals surface area contributed by atoms with Gasteiger partial charge in [-0.3, -0.25) is 9.59 Å². The number of carbonyl (C=O) groups excluding carboxylic acids is 2. The van der Waals surface area contributed by atoms with E-state index in [1.54, 1.807) is 0 Å². The van der Waals surface area contributed by atoms with Crippen LogP contribution < -0.4 is 0 Å². The van der Waals surface area contributed by atoms with E-state index in [4.69, 9.17) is 4.74 Å². The normalized spacial score (nSPS) is 28.9. The monoisotopic (exact) mass is 239 g/mol. The van der Waals surface area contributed by atoms with E-state index in [9.17, 15) is 9.59 Å². The molecule has 0 bridgehead atoms. The van der Waals surface area contributed by atoms with Crippen LogP contribution in [0.5, 0.6) is 0 Å². The van der Waals surface area contributed by atoms with E-state index in [1.165, 1.54) is 6.42 Å². The van der Waals surface area contributed by atoms with Crippen LogP contribution in [0, 0.1) is 5.92 Å². The number of ether oxygens (including phenoxy) is 1. The van der Waals surface area contributed by atoms with Gasteiger partial charge in [-0.25, -0.2) is 0 Å². The van der Waals surface area contributed by atoms with E-state index in [1.807, 2.05) is 4.90 Å². The Labute approximate surface area is 102 Å². The predicted octanol–water partition coefficient (Wildman–Crippen LogP) is 1.73. The number of esters is 1. The van der Waals surface area contributed by atoms with Crippen molar-refractivity contribution in [3.63, 3.8) is 0 Å². The van der Waals surface area contributed by atoms with Crippen LogP contribution in [0.25, 0.3) is 0 Å². The van der Waals surface area contributed by atoms with Crippen molar-refractivity contribution in [2.75, 3.05) is 6.61 Å². The van der Waals surface area contributed by atoms with Crippen LogP contribution in [0.1, 0.15) is 46.0 Å². The van der Waals surface area contributed by atoms with Crippen LogP contribution >= 0.6 is 0 Å². The van der Waals surface area contributed by atoms with Gasteiger partial charge in [0.15, 0.2) is 6.61 Å². The largest absolute Gasteiger partial charge is 0.455 e. The molecule has 1 saturated heterocycles. The standard InChI is InChI=1S/C13H21NO3/c1-9-4-3-5-10(2)14(9)12(15)8-17-13(16)11-6-7-11/h9-11H,3-8H2,1-2H3/t9-,10-/m0/s1. The van der Waals surface area contributed by atoms with Gasteiger partial charge in [0.2, 0.25) is 0 Å². The summed E-state index contributed by atoms with van der Waals surface area (Å²) in [5.41, 5.74) is 0. The number of rotatable bonds is 3. The molecule has 2 fully saturated rings. The molecule has 1 saturated carbocycles. The molecular formula is C13H21NO3. The Morgan fingerprint density at radius 1 is 1.12 bits per heavy atom. The first kappa shape index (κ1) is 12.4. The Bertz CT molecular complexity index is 302. The van der Waals surface area contributed by atoms with Crippen molar-refractivity contribution in [3.8, 4) is 0 Å². The molecule has 0 radical (unpaired) electrons. The number of hydrogen-bond acceptors (Lipinski definition) is 3. The molecule has 1 heterocycles. The first-order valence-electron chi connectivity index (χ1n) is 6.57. The molecule has 0 aromatic rings. The van der Waals surface area contributed by atoms with Crippen molar-refractivity contribution >= 4 is 11.9 Å². The zero-order valence-electron chi connectivity index (χ0n) is 10.6. The van der Waals surface area contributed by atoms with Gasteiger partial charge in [0, 0.05) is 12.1 Å². The fraction of sp³-hybridized carbons (Fsp3) is 0.846. The summed E-state index contributed by atoms with van der Waals surface area (Å²) in [6, 6.07) is 0.539. The van der Waals surface area contributed by atoms with Gasteiger partial charge in [0.05, 0.1) is 5.92 Å². The Hall–Kier alpha value is -1.06.